The summed E-state index contributed by atoms with van der Waals surface area (Å²) in [6.45, 7) is 4.79. The summed E-state index contributed by atoms with van der Waals surface area (Å²) in [6.07, 6.45) is 11.0. The molecule has 0 aliphatic carbocycles. The molecular weight excluding hydrogens is 366 g/mol. The minimum absolute atomic E-state index is 0.778. The quantitative estimate of drug-likeness (QED) is 0.452. The highest BCUT2D eigenvalue weighted by Gasteiger charge is 2.14. The van der Waals surface area contributed by atoms with Crippen molar-refractivity contribution in [1.29, 1.82) is 0 Å². The number of H-pyrrole nitrogens is 2. The number of aromatic amines is 2. The maximum absolute atomic E-state index is 4.56. The van der Waals surface area contributed by atoms with Gasteiger partial charge >= 0.3 is 0 Å². The van der Waals surface area contributed by atoms with E-state index in [-0.39, 0.29) is 0 Å². The maximum atomic E-state index is 4.56. The van der Waals surface area contributed by atoms with Crippen molar-refractivity contribution in [1.82, 2.24) is 35.1 Å². The topological polar surface area (TPSA) is 103 Å². The summed E-state index contributed by atoms with van der Waals surface area (Å²) in [6, 6.07) is 3.91. The highest BCUT2D eigenvalue weighted by Crippen LogP contribution is 2.22. The third-order valence-corrected chi connectivity index (χ3v) is 4.93. The fourth-order valence-corrected chi connectivity index (χ4v) is 3.22. The Hall–Kier alpha value is -3.49. The van der Waals surface area contributed by atoms with Crippen molar-refractivity contribution >= 4 is 22.7 Å². The molecule has 0 saturated heterocycles. The fraction of sp³-hybridized carbons (Fsp3) is 0.350. The van der Waals surface area contributed by atoms with Crippen molar-refractivity contribution in [3.05, 3.63) is 43.2 Å². The predicted octanol–water partition coefficient (Wildman–Crippen LogP) is 2.88. The molecule has 29 heavy (non-hydrogen) atoms. The Labute approximate surface area is 169 Å². The van der Waals surface area contributed by atoms with Crippen molar-refractivity contribution in [2.45, 2.75) is 19.8 Å². The Morgan fingerprint density at radius 1 is 1.00 bits per heavy atom. The lowest BCUT2D eigenvalue weighted by Crippen LogP contribution is -2.35. The van der Waals surface area contributed by atoms with Crippen LogP contribution in [0.2, 0.25) is 0 Å². The molecule has 9 nitrogen and oxygen atoms in total. The highest BCUT2D eigenvalue weighted by molar-refractivity contribution is 5.87. The van der Waals surface area contributed by atoms with Crippen LogP contribution in [0.3, 0.4) is 0 Å². The number of nitrogens with zero attached hydrogens (tertiary/aromatic N) is 7. The molecule has 0 amide bonds. The van der Waals surface area contributed by atoms with Crippen LogP contribution in [0, 0.1) is 0 Å². The molecule has 0 fully saturated rings. The van der Waals surface area contributed by atoms with Crippen molar-refractivity contribution in [3.63, 3.8) is 0 Å². The Kier molecular flexibility index (Phi) is 5.64. The van der Waals surface area contributed by atoms with E-state index in [1.807, 2.05) is 25.4 Å². The van der Waals surface area contributed by atoms with Crippen LogP contribution < -0.4 is 9.80 Å². The molecule has 0 aliphatic heterocycles. The number of aromatic nitrogens is 7. The van der Waals surface area contributed by atoms with Crippen LogP contribution in [0.1, 0.15) is 19.8 Å². The van der Waals surface area contributed by atoms with E-state index in [4.69, 9.17) is 0 Å². The second-order valence-corrected chi connectivity index (χ2v) is 6.93. The summed E-state index contributed by atoms with van der Waals surface area (Å²) in [7, 11) is 2.03. The van der Waals surface area contributed by atoms with E-state index >= 15 is 0 Å². The molecule has 0 atom stereocenters. The van der Waals surface area contributed by atoms with Gasteiger partial charge in [0.15, 0.2) is 0 Å². The van der Waals surface area contributed by atoms with Gasteiger partial charge in [-0.05, 0) is 18.6 Å². The lowest BCUT2D eigenvalue weighted by molar-refractivity contribution is 0.697. The van der Waals surface area contributed by atoms with Gasteiger partial charge in [0.2, 0.25) is 0 Å². The number of likely N-dealkylation sites (N-methyl/N-ethyl adjacent to an activating group) is 1. The van der Waals surface area contributed by atoms with Crippen molar-refractivity contribution in [3.8, 4) is 11.4 Å². The molecule has 2 N–H and O–H groups in total. The zero-order chi connectivity index (χ0) is 20.1. The maximum Gasteiger partial charge on any atom is 0.146 e. The van der Waals surface area contributed by atoms with Gasteiger partial charge in [-0.2, -0.15) is 5.10 Å². The van der Waals surface area contributed by atoms with E-state index in [1.165, 1.54) is 0 Å². The second-order valence-electron chi connectivity index (χ2n) is 6.93. The molecule has 0 spiro atoms. The van der Waals surface area contributed by atoms with Crippen LogP contribution >= 0.6 is 0 Å². The first-order chi connectivity index (χ1) is 14.3. The minimum atomic E-state index is 0.778. The molecule has 0 aromatic carbocycles. The summed E-state index contributed by atoms with van der Waals surface area (Å²) in [4.78, 5) is 25.5. The first-order valence-corrected chi connectivity index (χ1v) is 9.82. The Bertz CT molecular complexity index is 1020. The van der Waals surface area contributed by atoms with Crippen molar-refractivity contribution < 1.29 is 0 Å². The summed E-state index contributed by atoms with van der Waals surface area (Å²) in [5.41, 5.74) is 2.50. The largest absolute Gasteiger partial charge is 0.357 e. The summed E-state index contributed by atoms with van der Waals surface area (Å²) < 4.78 is 0. The number of hydrogen-bond acceptors (Lipinski definition) is 7. The second kappa shape index (κ2) is 8.68. The number of unbranched alkanes of at least 4 members (excludes halogenated alkanes) is 1. The molecule has 4 aromatic rings. The standard InChI is InChI=1S/C20H25N9/c1-3-4-9-29(20-15-5-7-21-19(15)24-14-25-20)11-10-28(2)18-13-22-17(12-23-18)16-6-8-26-27-16/h5-8,12-14H,3-4,9-11H2,1-2H3,(H,26,27)(H,21,24,25). The average molecular weight is 391 g/mol. The van der Waals surface area contributed by atoms with E-state index in [0.717, 1.165) is 66.5 Å². The summed E-state index contributed by atoms with van der Waals surface area (Å²) in [5, 5.41) is 7.91. The highest BCUT2D eigenvalue weighted by atomic mass is 15.2. The van der Waals surface area contributed by atoms with Gasteiger partial charge in [0, 0.05) is 39.1 Å². The summed E-state index contributed by atoms with van der Waals surface area (Å²) in [5.74, 6) is 1.80. The van der Waals surface area contributed by atoms with E-state index in [1.54, 1.807) is 24.9 Å². The lowest BCUT2D eigenvalue weighted by atomic mass is 10.2. The number of nitrogens with one attached hydrogen (secondary N) is 2. The smallest absolute Gasteiger partial charge is 0.146 e. The molecule has 4 rings (SSSR count). The first-order valence-electron chi connectivity index (χ1n) is 9.82. The zero-order valence-electron chi connectivity index (χ0n) is 16.7. The Morgan fingerprint density at radius 2 is 1.93 bits per heavy atom. The van der Waals surface area contributed by atoms with Gasteiger partial charge < -0.3 is 14.8 Å². The molecule has 150 valence electrons. The predicted molar refractivity (Wildman–Crippen MR) is 114 cm³/mol. The fourth-order valence-electron chi connectivity index (χ4n) is 3.22. The Morgan fingerprint density at radius 3 is 2.69 bits per heavy atom. The lowest BCUT2D eigenvalue weighted by Gasteiger charge is -2.27. The SMILES string of the molecule is CCCCN(CCN(C)c1cnc(-c2ccn[nH]2)cn1)c1ncnc2[nH]ccc12. The number of rotatable bonds is 9. The van der Waals surface area contributed by atoms with Gasteiger partial charge in [0.1, 0.15) is 29.3 Å². The van der Waals surface area contributed by atoms with Gasteiger partial charge in [0.05, 0.1) is 23.5 Å². The van der Waals surface area contributed by atoms with Crippen molar-refractivity contribution in [2.24, 2.45) is 0 Å². The van der Waals surface area contributed by atoms with E-state index in [2.05, 4.69) is 51.8 Å². The van der Waals surface area contributed by atoms with E-state index < -0.39 is 0 Å². The van der Waals surface area contributed by atoms with Crippen LogP contribution in [0.25, 0.3) is 22.4 Å². The van der Waals surface area contributed by atoms with Crippen molar-refractivity contribution in [2.75, 3.05) is 36.5 Å². The minimum Gasteiger partial charge on any atom is -0.357 e. The van der Waals surface area contributed by atoms with Gasteiger partial charge in [0.25, 0.3) is 0 Å². The normalized spacial score (nSPS) is 11.1. The zero-order valence-corrected chi connectivity index (χ0v) is 16.7. The molecule has 9 heteroatoms. The third kappa shape index (κ3) is 4.18. The van der Waals surface area contributed by atoms with Gasteiger partial charge in [-0.1, -0.05) is 13.3 Å². The molecule has 0 aliphatic rings. The molecular formula is C20H25N9. The summed E-state index contributed by atoms with van der Waals surface area (Å²) >= 11 is 0. The van der Waals surface area contributed by atoms with Gasteiger partial charge in [-0.15, -0.1) is 0 Å². The van der Waals surface area contributed by atoms with Gasteiger partial charge in [-0.3, -0.25) is 5.10 Å². The van der Waals surface area contributed by atoms with Crippen LogP contribution in [0.4, 0.5) is 11.6 Å². The van der Waals surface area contributed by atoms with Crippen LogP contribution in [-0.2, 0) is 0 Å². The molecule has 0 saturated carbocycles. The molecule has 4 aromatic heterocycles. The van der Waals surface area contributed by atoms with E-state index in [9.17, 15) is 0 Å². The van der Waals surface area contributed by atoms with Crippen LogP contribution in [-0.4, -0.2) is 61.8 Å². The number of hydrogen-bond donors (Lipinski definition) is 2. The number of anilines is 2. The molecule has 0 radical (unpaired) electrons. The van der Waals surface area contributed by atoms with Gasteiger partial charge in [-0.25, -0.2) is 19.9 Å². The first kappa shape index (κ1) is 18.9. The molecule has 4 heterocycles. The average Bonchev–Trinajstić information content (AvgIpc) is 3.46. The molecule has 0 bridgehead atoms. The van der Waals surface area contributed by atoms with E-state index in [0.29, 0.717) is 0 Å². The number of fused-ring (bicyclic) bond motifs is 1. The third-order valence-electron chi connectivity index (χ3n) is 4.93. The Balaban J connectivity index is 1.46. The van der Waals surface area contributed by atoms with Crippen LogP contribution in [0.15, 0.2) is 43.2 Å². The monoisotopic (exact) mass is 391 g/mol. The molecule has 0 unspecified atom stereocenters. The van der Waals surface area contributed by atoms with Crippen LogP contribution in [0.5, 0.6) is 0 Å².